The van der Waals surface area contributed by atoms with Gasteiger partial charge in [0.15, 0.2) is 5.43 Å². The molecule has 0 fully saturated rings. The highest BCUT2D eigenvalue weighted by molar-refractivity contribution is 9.09. The van der Waals surface area contributed by atoms with E-state index in [0.29, 0.717) is 16.5 Å². The second kappa shape index (κ2) is 5.00. The first-order chi connectivity index (χ1) is 8.13. The smallest absolute Gasteiger partial charge is 0.192 e. The van der Waals surface area contributed by atoms with Crippen LogP contribution >= 0.6 is 15.9 Å². The molecule has 0 saturated carbocycles. The summed E-state index contributed by atoms with van der Waals surface area (Å²) in [6.07, 6.45) is -0.615. The number of aliphatic hydroxyl groups is 2. The van der Waals surface area contributed by atoms with Gasteiger partial charge in [-0.1, -0.05) is 22.0 Å². The van der Waals surface area contributed by atoms with Gasteiger partial charge in [0.2, 0.25) is 0 Å². The Hall–Kier alpha value is -1.17. The van der Waals surface area contributed by atoms with Crippen molar-refractivity contribution in [2.75, 3.05) is 5.33 Å². The number of halogens is 1. The molecule has 4 nitrogen and oxygen atoms in total. The van der Waals surface area contributed by atoms with E-state index in [-0.39, 0.29) is 10.8 Å². The highest BCUT2D eigenvalue weighted by atomic mass is 79.9. The van der Waals surface area contributed by atoms with Crippen molar-refractivity contribution in [3.8, 4) is 0 Å². The Balaban J connectivity index is 2.51. The fraction of sp³-hybridized carbons (Fsp3) is 0.250. The summed E-state index contributed by atoms with van der Waals surface area (Å²) in [4.78, 5) is 11.6. The summed E-state index contributed by atoms with van der Waals surface area (Å²) < 4.78 is 5.16. The van der Waals surface area contributed by atoms with Gasteiger partial charge in [-0.05, 0) is 17.7 Å². The maximum atomic E-state index is 11.6. The molecule has 2 N–H and O–H groups in total. The summed E-state index contributed by atoms with van der Waals surface area (Å²) in [6.45, 7) is 0. The van der Waals surface area contributed by atoms with Crippen LogP contribution in [0, 0.1) is 0 Å². The molecular formula is C12H11BrO4. The van der Waals surface area contributed by atoms with E-state index >= 15 is 0 Å². The summed E-state index contributed by atoms with van der Waals surface area (Å²) in [7, 11) is 0. The Morgan fingerprint density at radius 3 is 2.76 bits per heavy atom. The van der Waals surface area contributed by atoms with Gasteiger partial charge in [0.1, 0.15) is 11.7 Å². The van der Waals surface area contributed by atoms with Crippen molar-refractivity contribution < 1.29 is 14.6 Å². The Morgan fingerprint density at radius 2 is 2.06 bits per heavy atom. The van der Waals surface area contributed by atoms with Crippen LogP contribution in [0.5, 0.6) is 0 Å². The topological polar surface area (TPSA) is 70.7 Å². The Kier molecular flexibility index (Phi) is 3.61. The van der Waals surface area contributed by atoms with Crippen molar-refractivity contribution in [2.24, 2.45) is 0 Å². The van der Waals surface area contributed by atoms with Crippen LogP contribution in [-0.2, 0) is 0 Å². The van der Waals surface area contributed by atoms with Crippen LogP contribution < -0.4 is 5.43 Å². The van der Waals surface area contributed by atoms with Crippen molar-refractivity contribution in [3.63, 3.8) is 0 Å². The number of aliphatic hydroxyl groups excluding tert-OH is 2. The van der Waals surface area contributed by atoms with Crippen LogP contribution in [0.1, 0.15) is 11.7 Å². The largest absolute Gasteiger partial charge is 0.464 e. The van der Waals surface area contributed by atoms with Crippen LogP contribution in [0.3, 0.4) is 0 Å². The van der Waals surface area contributed by atoms with Gasteiger partial charge in [0.05, 0.1) is 17.8 Å². The molecule has 1 aromatic carbocycles. The van der Waals surface area contributed by atoms with Crippen LogP contribution in [-0.4, -0.2) is 21.6 Å². The van der Waals surface area contributed by atoms with E-state index in [1.54, 1.807) is 12.1 Å². The zero-order chi connectivity index (χ0) is 12.4. The molecule has 1 aromatic heterocycles. The molecule has 0 saturated heterocycles. The van der Waals surface area contributed by atoms with Crippen molar-refractivity contribution in [1.82, 2.24) is 0 Å². The normalized spacial score (nSPS) is 14.8. The second-order valence-corrected chi connectivity index (χ2v) is 4.35. The molecule has 0 spiro atoms. The van der Waals surface area contributed by atoms with E-state index in [9.17, 15) is 15.0 Å². The lowest BCUT2D eigenvalue weighted by atomic mass is 10.0. The van der Waals surface area contributed by atoms with Gasteiger partial charge >= 0.3 is 0 Å². The van der Waals surface area contributed by atoms with Crippen LogP contribution in [0.4, 0.5) is 0 Å². The predicted molar refractivity (Wildman–Crippen MR) is 67.2 cm³/mol. The fourth-order valence-electron chi connectivity index (χ4n) is 1.59. The molecule has 2 unspecified atom stereocenters. The number of benzene rings is 1. The SMILES string of the molecule is O=c1ccoc2ccc(C(O)C(O)CBr)cc12. The Labute approximate surface area is 106 Å². The molecule has 0 radical (unpaired) electrons. The van der Waals surface area contributed by atoms with Crippen LogP contribution in [0.2, 0.25) is 0 Å². The maximum Gasteiger partial charge on any atom is 0.192 e. The molecule has 17 heavy (non-hydrogen) atoms. The van der Waals surface area contributed by atoms with Gasteiger partial charge in [-0.25, -0.2) is 0 Å². The number of alkyl halides is 1. The monoisotopic (exact) mass is 298 g/mol. The lowest BCUT2D eigenvalue weighted by molar-refractivity contribution is 0.0343. The second-order valence-electron chi connectivity index (χ2n) is 3.71. The Bertz CT molecular complexity index is 578. The zero-order valence-corrected chi connectivity index (χ0v) is 10.4. The minimum absolute atomic E-state index is 0.173. The van der Waals surface area contributed by atoms with Crippen molar-refractivity contribution in [2.45, 2.75) is 12.2 Å². The lowest BCUT2D eigenvalue weighted by Crippen LogP contribution is -2.19. The number of fused-ring (bicyclic) bond motifs is 1. The van der Waals surface area contributed by atoms with Crippen LogP contribution in [0.15, 0.2) is 39.7 Å². The molecule has 5 heteroatoms. The third-order valence-electron chi connectivity index (χ3n) is 2.55. The molecule has 1 heterocycles. The highest BCUT2D eigenvalue weighted by Crippen LogP contribution is 2.21. The van der Waals surface area contributed by atoms with Crippen LogP contribution in [0.25, 0.3) is 11.0 Å². The summed E-state index contributed by atoms with van der Waals surface area (Å²) in [6, 6.07) is 6.09. The molecule has 2 aromatic rings. The summed E-state index contributed by atoms with van der Waals surface area (Å²) in [5, 5.41) is 20.0. The minimum atomic E-state index is -1.03. The van der Waals surface area contributed by atoms with Gasteiger partial charge in [0, 0.05) is 11.4 Å². The van der Waals surface area contributed by atoms with E-state index in [1.807, 2.05) is 0 Å². The molecule has 0 aliphatic rings. The van der Waals surface area contributed by atoms with Gasteiger partial charge in [0.25, 0.3) is 0 Å². The van der Waals surface area contributed by atoms with Crippen molar-refractivity contribution in [3.05, 3.63) is 46.3 Å². The molecule has 0 aliphatic carbocycles. The summed E-state index contributed by atoms with van der Waals surface area (Å²) >= 11 is 3.09. The summed E-state index contributed by atoms with van der Waals surface area (Å²) in [5.74, 6) is 0. The number of rotatable bonds is 3. The lowest BCUT2D eigenvalue weighted by Gasteiger charge is -2.15. The van der Waals surface area contributed by atoms with E-state index in [2.05, 4.69) is 15.9 Å². The van der Waals surface area contributed by atoms with E-state index < -0.39 is 12.2 Å². The first-order valence-electron chi connectivity index (χ1n) is 5.07. The summed E-state index contributed by atoms with van der Waals surface area (Å²) in [5.41, 5.74) is 0.776. The molecule has 2 rings (SSSR count). The third kappa shape index (κ3) is 2.41. The molecule has 2 atom stereocenters. The quantitative estimate of drug-likeness (QED) is 0.844. The van der Waals surface area contributed by atoms with Gasteiger partial charge in [-0.15, -0.1) is 0 Å². The van der Waals surface area contributed by atoms with Gasteiger partial charge in [-0.2, -0.15) is 0 Å². The molecule has 0 aliphatic heterocycles. The average Bonchev–Trinajstić information content (AvgIpc) is 2.37. The molecule has 0 amide bonds. The fourth-order valence-corrected chi connectivity index (χ4v) is 1.95. The van der Waals surface area contributed by atoms with Gasteiger partial charge in [-0.3, -0.25) is 4.79 Å². The first kappa shape index (κ1) is 12.3. The average molecular weight is 299 g/mol. The van der Waals surface area contributed by atoms with Gasteiger partial charge < -0.3 is 14.6 Å². The standard InChI is InChI=1S/C12H11BrO4/c13-6-10(15)12(16)7-1-2-11-8(5-7)9(14)3-4-17-11/h1-5,10,12,15-16H,6H2. The minimum Gasteiger partial charge on any atom is -0.464 e. The molecule has 90 valence electrons. The maximum absolute atomic E-state index is 11.6. The van der Waals surface area contributed by atoms with Crippen molar-refractivity contribution in [1.29, 1.82) is 0 Å². The van der Waals surface area contributed by atoms with E-state index in [1.165, 1.54) is 18.4 Å². The Morgan fingerprint density at radius 1 is 1.29 bits per heavy atom. The zero-order valence-electron chi connectivity index (χ0n) is 8.84. The highest BCUT2D eigenvalue weighted by Gasteiger charge is 2.17. The van der Waals surface area contributed by atoms with E-state index in [0.717, 1.165) is 0 Å². The number of hydrogen-bond acceptors (Lipinski definition) is 4. The van der Waals surface area contributed by atoms with Crippen molar-refractivity contribution >= 4 is 26.9 Å². The predicted octanol–water partition coefficient (Wildman–Crippen LogP) is 1.58. The van der Waals surface area contributed by atoms with E-state index in [4.69, 9.17) is 4.42 Å². The third-order valence-corrected chi connectivity index (χ3v) is 3.21. The molecule has 0 bridgehead atoms. The number of hydrogen-bond donors (Lipinski definition) is 2. The first-order valence-corrected chi connectivity index (χ1v) is 6.19. The molecular weight excluding hydrogens is 288 g/mol.